The van der Waals surface area contributed by atoms with Crippen LogP contribution >= 0.6 is 0 Å². The third-order valence-electron chi connectivity index (χ3n) is 5.20. The van der Waals surface area contributed by atoms with Crippen molar-refractivity contribution in [1.29, 1.82) is 0 Å². The van der Waals surface area contributed by atoms with Crippen molar-refractivity contribution in [3.8, 4) is 0 Å². The molecule has 3 heterocycles. The summed E-state index contributed by atoms with van der Waals surface area (Å²) < 4.78 is 4.04. The van der Waals surface area contributed by atoms with E-state index in [1.54, 1.807) is 16.7 Å². The molecular weight excluding hydrogens is 312 g/mol. The van der Waals surface area contributed by atoms with E-state index >= 15 is 0 Å². The van der Waals surface area contributed by atoms with Crippen molar-refractivity contribution < 1.29 is 0 Å². The van der Waals surface area contributed by atoms with Crippen LogP contribution in [0.3, 0.4) is 0 Å². The van der Waals surface area contributed by atoms with Gasteiger partial charge in [-0.05, 0) is 38.0 Å². The van der Waals surface area contributed by atoms with Gasteiger partial charge in [-0.25, -0.2) is 4.98 Å². The number of nitrogens with zero attached hydrogens (tertiary/aromatic N) is 4. The van der Waals surface area contributed by atoms with Crippen LogP contribution in [-0.2, 0) is 25.9 Å². The van der Waals surface area contributed by atoms with Crippen LogP contribution < -0.4 is 10.5 Å². The van der Waals surface area contributed by atoms with Crippen molar-refractivity contribution in [3.63, 3.8) is 0 Å². The van der Waals surface area contributed by atoms with Crippen molar-refractivity contribution >= 4 is 16.7 Å². The monoisotopic (exact) mass is 336 g/mol. The summed E-state index contributed by atoms with van der Waals surface area (Å²) in [4.78, 5) is 19.2. The van der Waals surface area contributed by atoms with E-state index in [2.05, 4.69) is 35.6 Å². The van der Waals surface area contributed by atoms with Gasteiger partial charge in [0.15, 0.2) is 0 Å². The lowest BCUT2D eigenvalue weighted by Crippen LogP contribution is -2.24. The Balaban J connectivity index is 1.74. The molecule has 5 heteroatoms. The molecule has 0 radical (unpaired) electrons. The van der Waals surface area contributed by atoms with Crippen molar-refractivity contribution in [2.24, 2.45) is 0 Å². The molecule has 0 amide bonds. The second kappa shape index (κ2) is 6.39. The predicted molar refractivity (Wildman–Crippen MR) is 101 cm³/mol. The number of aromatic nitrogens is 3. The van der Waals surface area contributed by atoms with Gasteiger partial charge in [0.2, 0.25) is 0 Å². The number of fused-ring (bicyclic) bond motifs is 3. The zero-order valence-electron chi connectivity index (χ0n) is 14.9. The molecule has 1 aromatic carbocycles. The molecule has 0 fully saturated rings. The topological polar surface area (TPSA) is 43.1 Å². The van der Waals surface area contributed by atoms with Crippen LogP contribution in [0.15, 0.2) is 41.3 Å². The molecule has 0 spiro atoms. The Bertz CT molecular complexity index is 969. The number of benzene rings is 1. The van der Waals surface area contributed by atoms with E-state index in [-0.39, 0.29) is 5.56 Å². The smallest absolute Gasteiger partial charge is 0.250 e. The molecule has 0 aliphatic carbocycles. The number of imidazole rings is 1. The zero-order valence-corrected chi connectivity index (χ0v) is 14.9. The van der Waals surface area contributed by atoms with E-state index in [9.17, 15) is 4.79 Å². The molecule has 0 unspecified atom stereocenters. The molecule has 0 N–H and O–H groups in total. The highest BCUT2D eigenvalue weighted by atomic mass is 16.1. The Labute approximate surface area is 147 Å². The lowest BCUT2D eigenvalue weighted by molar-refractivity contribution is 0.618. The van der Waals surface area contributed by atoms with E-state index in [4.69, 9.17) is 4.98 Å². The first kappa shape index (κ1) is 15.9. The lowest BCUT2D eigenvalue weighted by Gasteiger charge is -2.27. The number of aryl methyl sites for hydroxylation is 4. The normalized spacial score (nSPS) is 14.1. The maximum atomic E-state index is 11.9. The molecule has 0 saturated heterocycles. The summed E-state index contributed by atoms with van der Waals surface area (Å²) in [5.74, 6) is 1.06. The number of rotatable bonds is 4. The number of pyridine rings is 1. The van der Waals surface area contributed by atoms with Gasteiger partial charge in [0, 0.05) is 56.6 Å². The van der Waals surface area contributed by atoms with Gasteiger partial charge in [0.1, 0.15) is 5.82 Å². The average molecular weight is 336 g/mol. The third kappa shape index (κ3) is 2.73. The fourth-order valence-corrected chi connectivity index (χ4v) is 3.91. The summed E-state index contributed by atoms with van der Waals surface area (Å²) in [6, 6.07) is 9.72. The molecule has 130 valence electrons. The second-order valence-electron chi connectivity index (χ2n) is 6.71. The van der Waals surface area contributed by atoms with E-state index in [1.807, 2.05) is 12.3 Å². The molecule has 4 rings (SSSR count). The van der Waals surface area contributed by atoms with E-state index in [0.29, 0.717) is 6.54 Å². The SMILES string of the molecule is CCn1c(CCn2ccccc2=O)nc2c3c(ccc21)N(C)CCC3. The number of anilines is 1. The van der Waals surface area contributed by atoms with Crippen LogP contribution in [0.4, 0.5) is 5.69 Å². The minimum Gasteiger partial charge on any atom is -0.374 e. The van der Waals surface area contributed by atoms with Crippen LogP contribution in [-0.4, -0.2) is 27.7 Å². The van der Waals surface area contributed by atoms with Gasteiger partial charge in [-0.3, -0.25) is 4.79 Å². The lowest BCUT2D eigenvalue weighted by atomic mass is 10.0. The van der Waals surface area contributed by atoms with Gasteiger partial charge in [-0.1, -0.05) is 6.07 Å². The molecule has 0 saturated carbocycles. The van der Waals surface area contributed by atoms with Gasteiger partial charge in [0.25, 0.3) is 5.56 Å². The average Bonchev–Trinajstić information content (AvgIpc) is 2.99. The predicted octanol–water partition coefficient (Wildman–Crippen LogP) is 2.84. The molecule has 1 aliphatic heterocycles. The third-order valence-corrected chi connectivity index (χ3v) is 5.20. The Morgan fingerprint density at radius 2 is 2.08 bits per heavy atom. The summed E-state index contributed by atoms with van der Waals surface area (Å²) in [5, 5.41) is 0. The Kier molecular flexibility index (Phi) is 4.07. The van der Waals surface area contributed by atoms with Crippen LogP contribution in [0.1, 0.15) is 24.7 Å². The fourth-order valence-electron chi connectivity index (χ4n) is 3.91. The first-order valence-electron chi connectivity index (χ1n) is 9.06. The number of hydrogen-bond acceptors (Lipinski definition) is 3. The summed E-state index contributed by atoms with van der Waals surface area (Å²) in [6.07, 6.45) is 4.88. The quantitative estimate of drug-likeness (QED) is 0.736. The summed E-state index contributed by atoms with van der Waals surface area (Å²) in [5.41, 5.74) is 5.08. The van der Waals surface area contributed by atoms with Crippen molar-refractivity contribution in [1.82, 2.24) is 14.1 Å². The van der Waals surface area contributed by atoms with Gasteiger partial charge in [-0.2, -0.15) is 0 Å². The highest BCUT2D eigenvalue weighted by Gasteiger charge is 2.20. The largest absolute Gasteiger partial charge is 0.374 e. The molecule has 2 aromatic heterocycles. The van der Waals surface area contributed by atoms with Crippen LogP contribution in [0.25, 0.3) is 11.0 Å². The zero-order chi connectivity index (χ0) is 17.4. The van der Waals surface area contributed by atoms with E-state index in [0.717, 1.165) is 37.3 Å². The minimum absolute atomic E-state index is 0.0423. The molecule has 5 nitrogen and oxygen atoms in total. The Morgan fingerprint density at radius 1 is 1.20 bits per heavy atom. The standard InChI is InChI=1S/C20H24N4O/c1-3-24-17-10-9-16-15(7-6-12-22(16)2)20(17)21-18(24)11-14-23-13-5-4-8-19(23)25/h4-5,8-10,13H,3,6-7,11-12,14H2,1-2H3. The summed E-state index contributed by atoms with van der Waals surface area (Å²) in [7, 11) is 2.16. The molecule has 25 heavy (non-hydrogen) atoms. The summed E-state index contributed by atoms with van der Waals surface area (Å²) >= 11 is 0. The second-order valence-corrected chi connectivity index (χ2v) is 6.71. The summed E-state index contributed by atoms with van der Waals surface area (Å²) in [6.45, 7) is 4.82. The maximum Gasteiger partial charge on any atom is 0.250 e. The van der Waals surface area contributed by atoms with E-state index < -0.39 is 0 Å². The number of hydrogen-bond donors (Lipinski definition) is 0. The first-order chi connectivity index (χ1) is 12.2. The van der Waals surface area contributed by atoms with Crippen molar-refractivity contribution in [3.05, 3.63) is 58.3 Å². The molecule has 1 aliphatic rings. The molecule has 0 bridgehead atoms. The van der Waals surface area contributed by atoms with Crippen LogP contribution in [0, 0.1) is 0 Å². The maximum absolute atomic E-state index is 11.9. The van der Waals surface area contributed by atoms with Crippen LogP contribution in [0.2, 0.25) is 0 Å². The highest BCUT2D eigenvalue weighted by molar-refractivity contribution is 5.86. The molecular formula is C20H24N4O. The Hall–Kier alpha value is -2.56. The van der Waals surface area contributed by atoms with E-state index in [1.165, 1.54) is 23.2 Å². The van der Waals surface area contributed by atoms with Gasteiger partial charge in [-0.15, -0.1) is 0 Å². The fraction of sp³-hybridized carbons (Fsp3) is 0.400. The first-order valence-corrected chi connectivity index (χ1v) is 9.06. The van der Waals surface area contributed by atoms with Crippen molar-refractivity contribution in [2.75, 3.05) is 18.5 Å². The molecule has 3 aromatic rings. The van der Waals surface area contributed by atoms with Gasteiger partial charge < -0.3 is 14.0 Å². The Morgan fingerprint density at radius 3 is 2.88 bits per heavy atom. The highest BCUT2D eigenvalue weighted by Crippen LogP contribution is 2.33. The van der Waals surface area contributed by atoms with Gasteiger partial charge >= 0.3 is 0 Å². The minimum atomic E-state index is 0.0423. The van der Waals surface area contributed by atoms with Crippen molar-refractivity contribution in [2.45, 2.75) is 39.3 Å². The van der Waals surface area contributed by atoms with Gasteiger partial charge in [0.05, 0.1) is 11.0 Å². The van der Waals surface area contributed by atoms with Crippen LogP contribution in [0.5, 0.6) is 0 Å². The molecule has 0 atom stereocenters.